The van der Waals surface area contributed by atoms with Crippen LogP contribution in [0.25, 0.3) is 22.4 Å². The van der Waals surface area contributed by atoms with Crippen molar-refractivity contribution < 1.29 is 9.50 Å². The van der Waals surface area contributed by atoms with Gasteiger partial charge in [-0.05, 0) is 37.0 Å². The molecule has 0 spiro atoms. The van der Waals surface area contributed by atoms with Gasteiger partial charge in [-0.1, -0.05) is 12.5 Å². The number of fused-ring (bicyclic) bond motifs is 2. The molecule has 8 heteroatoms. The SMILES string of the molecule is CN(c1cnc(-c2ccc(-c3cnn(C)c3)cc2O)cn1)[C@H]1CC2CCCC(N2)[C@H]1F. The molecule has 4 heterocycles. The Hall–Kier alpha value is -3.00. The largest absolute Gasteiger partial charge is 0.507 e. The van der Waals surface area contributed by atoms with Gasteiger partial charge < -0.3 is 15.3 Å². The zero-order valence-electron chi connectivity index (χ0n) is 17.7. The number of alkyl halides is 1. The smallest absolute Gasteiger partial charge is 0.147 e. The average molecular weight is 423 g/mol. The van der Waals surface area contributed by atoms with Crippen LogP contribution in [0.4, 0.5) is 10.2 Å². The summed E-state index contributed by atoms with van der Waals surface area (Å²) in [5.74, 6) is 0.773. The second-order valence-corrected chi connectivity index (χ2v) is 8.65. The van der Waals surface area contributed by atoms with E-state index in [1.54, 1.807) is 29.3 Å². The summed E-state index contributed by atoms with van der Waals surface area (Å²) in [5, 5.41) is 18.2. The van der Waals surface area contributed by atoms with Gasteiger partial charge in [0.05, 0.1) is 30.3 Å². The summed E-state index contributed by atoms with van der Waals surface area (Å²) in [6, 6.07) is 5.56. The van der Waals surface area contributed by atoms with Crippen molar-refractivity contribution in [2.24, 2.45) is 7.05 Å². The van der Waals surface area contributed by atoms with Crippen molar-refractivity contribution >= 4 is 5.82 Å². The number of phenolic OH excluding ortho intramolecular Hbond substituents is 1. The first-order valence-electron chi connectivity index (χ1n) is 10.8. The average Bonchev–Trinajstić information content (AvgIpc) is 3.22. The molecule has 0 saturated carbocycles. The summed E-state index contributed by atoms with van der Waals surface area (Å²) in [4.78, 5) is 11.0. The molecule has 162 valence electrons. The van der Waals surface area contributed by atoms with Gasteiger partial charge in [-0.3, -0.25) is 9.67 Å². The molecule has 5 rings (SSSR count). The molecule has 2 aromatic heterocycles. The molecule has 0 amide bonds. The number of nitrogens with one attached hydrogen (secondary N) is 1. The van der Waals surface area contributed by atoms with Crippen LogP contribution in [0.15, 0.2) is 43.0 Å². The van der Waals surface area contributed by atoms with E-state index in [-0.39, 0.29) is 17.8 Å². The van der Waals surface area contributed by atoms with Crippen LogP contribution in [0.2, 0.25) is 0 Å². The Morgan fingerprint density at radius 1 is 1.16 bits per heavy atom. The van der Waals surface area contributed by atoms with Gasteiger partial charge in [0.25, 0.3) is 0 Å². The third kappa shape index (κ3) is 3.76. The van der Waals surface area contributed by atoms with Gasteiger partial charge in [0.2, 0.25) is 0 Å². The molecule has 2 bridgehead atoms. The molecule has 2 N–H and O–H groups in total. The van der Waals surface area contributed by atoms with E-state index in [9.17, 15) is 5.11 Å². The van der Waals surface area contributed by atoms with E-state index in [1.807, 2.05) is 37.3 Å². The maximum atomic E-state index is 15.0. The standard InChI is InChI=1S/C23H27FN6O/c1-29-13-15(10-27-29)14-6-7-17(21(31)8-14)19-11-26-22(12-25-19)30(2)20-9-16-4-3-5-18(28-16)23(20)24/h6-8,10-13,16,18,20,23,28,31H,3-5,9H2,1-2H3/t16?,18?,20-,23+/m0/s1. The second kappa shape index (κ2) is 7.92. The number of anilines is 1. The molecule has 0 aliphatic carbocycles. The van der Waals surface area contributed by atoms with Crippen molar-refractivity contribution in [1.29, 1.82) is 0 Å². The van der Waals surface area contributed by atoms with E-state index in [1.165, 1.54) is 0 Å². The number of phenols is 1. The number of hydrogen-bond donors (Lipinski definition) is 2. The highest BCUT2D eigenvalue weighted by atomic mass is 19.1. The van der Waals surface area contributed by atoms with Gasteiger partial charge in [0.15, 0.2) is 0 Å². The van der Waals surface area contributed by atoms with Crippen molar-refractivity contribution in [2.75, 3.05) is 11.9 Å². The molecule has 7 nitrogen and oxygen atoms in total. The quantitative estimate of drug-likeness (QED) is 0.672. The van der Waals surface area contributed by atoms with Crippen LogP contribution in [0.5, 0.6) is 5.75 Å². The normalized spacial score (nSPS) is 25.4. The minimum Gasteiger partial charge on any atom is -0.507 e. The highest BCUT2D eigenvalue weighted by Gasteiger charge is 2.41. The highest BCUT2D eigenvalue weighted by Crippen LogP contribution is 2.34. The van der Waals surface area contributed by atoms with Crippen molar-refractivity contribution in [1.82, 2.24) is 25.1 Å². The van der Waals surface area contributed by atoms with Crippen LogP contribution >= 0.6 is 0 Å². The molecule has 2 fully saturated rings. The molecule has 2 unspecified atom stereocenters. The Bertz CT molecular complexity index is 1070. The van der Waals surface area contributed by atoms with Crippen LogP contribution in [0.3, 0.4) is 0 Å². The number of aryl methyl sites for hydroxylation is 1. The Morgan fingerprint density at radius 2 is 2.03 bits per heavy atom. The van der Waals surface area contributed by atoms with Crippen LogP contribution < -0.4 is 10.2 Å². The van der Waals surface area contributed by atoms with E-state index in [0.29, 0.717) is 23.1 Å². The number of rotatable bonds is 4. The molecule has 3 aromatic rings. The van der Waals surface area contributed by atoms with Gasteiger partial charge >= 0.3 is 0 Å². The third-order valence-electron chi connectivity index (χ3n) is 6.60. The summed E-state index contributed by atoms with van der Waals surface area (Å²) in [7, 11) is 3.75. The Morgan fingerprint density at radius 3 is 2.74 bits per heavy atom. The number of halogens is 1. The van der Waals surface area contributed by atoms with E-state index in [0.717, 1.165) is 36.8 Å². The lowest BCUT2D eigenvalue weighted by atomic mass is 9.82. The fourth-order valence-electron chi connectivity index (χ4n) is 4.86. The van der Waals surface area contributed by atoms with Gasteiger partial charge in [0, 0.05) is 43.5 Å². The van der Waals surface area contributed by atoms with Crippen molar-refractivity contribution in [3.63, 3.8) is 0 Å². The molecular weight excluding hydrogens is 395 g/mol. The minimum atomic E-state index is -0.924. The lowest BCUT2D eigenvalue weighted by Gasteiger charge is -2.46. The first-order valence-corrected chi connectivity index (χ1v) is 10.8. The van der Waals surface area contributed by atoms with Crippen molar-refractivity contribution in [3.05, 3.63) is 43.0 Å². The van der Waals surface area contributed by atoms with Crippen LogP contribution in [-0.2, 0) is 7.05 Å². The summed E-state index contributed by atoms with van der Waals surface area (Å²) < 4.78 is 16.8. The molecule has 0 radical (unpaired) electrons. The van der Waals surface area contributed by atoms with Crippen molar-refractivity contribution in [2.45, 2.75) is 50.0 Å². The number of nitrogens with zero attached hydrogens (tertiary/aromatic N) is 5. The predicted molar refractivity (Wildman–Crippen MR) is 118 cm³/mol. The number of benzene rings is 1. The van der Waals surface area contributed by atoms with E-state index >= 15 is 4.39 Å². The zero-order chi connectivity index (χ0) is 21.5. The summed E-state index contributed by atoms with van der Waals surface area (Å²) in [6.45, 7) is 0. The number of hydrogen-bond acceptors (Lipinski definition) is 6. The lowest BCUT2D eigenvalue weighted by molar-refractivity contribution is 0.107. The molecular formula is C23H27FN6O. The number of aromatic hydroxyl groups is 1. The van der Waals surface area contributed by atoms with Gasteiger partial charge in [-0.15, -0.1) is 0 Å². The maximum Gasteiger partial charge on any atom is 0.147 e. The molecule has 2 aliphatic heterocycles. The highest BCUT2D eigenvalue weighted by molar-refractivity contribution is 5.73. The monoisotopic (exact) mass is 422 g/mol. The summed E-state index contributed by atoms with van der Waals surface area (Å²) in [6.07, 6.45) is 9.89. The van der Waals surface area contributed by atoms with Gasteiger partial charge in [-0.2, -0.15) is 5.10 Å². The van der Waals surface area contributed by atoms with Crippen LogP contribution in [0.1, 0.15) is 25.7 Å². The Balaban J connectivity index is 1.35. The molecule has 2 aliphatic rings. The van der Waals surface area contributed by atoms with Gasteiger partial charge in [0.1, 0.15) is 17.7 Å². The maximum absolute atomic E-state index is 15.0. The Labute approximate surface area is 180 Å². The molecule has 31 heavy (non-hydrogen) atoms. The fourth-order valence-corrected chi connectivity index (χ4v) is 4.86. The predicted octanol–water partition coefficient (Wildman–Crippen LogP) is 3.31. The van der Waals surface area contributed by atoms with Crippen LogP contribution in [0, 0.1) is 0 Å². The first kappa shape index (κ1) is 19.9. The Kier molecular flexibility index (Phi) is 5.09. The third-order valence-corrected chi connectivity index (χ3v) is 6.60. The molecule has 2 saturated heterocycles. The zero-order valence-corrected chi connectivity index (χ0v) is 17.7. The minimum absolute atomic E-state index is 0.0672. The molecule has 1 aromatic carbocycles. The molecule has 4 atom stereocenters. The lowest BCUT2D eigenvalue weighted by Crippen LogP contribution is -2.61. The fraction of sp³-hybridized carbons (Fsp3) is 0.435. The second-order valence-electron chi connectivity index (χ2n) is 8.65. The summed E-state index contributed by atoms with van der Waals surface area (Å²) >= 11 is 0. The van der Waals surface area contributed by atoms with E-state index < -0.39 is 6.17 Å². The summed E-state index contributed by atoms with van der Waals surface area (Å²) in [5.41, 5.74) is 2.99. The van der Waals surface area contributed by atoms with E-state index in [2.05, 4.69) is 20.4 Å². The van der Waals surface area contributed by atoms with E-state index in [4.69, 9.17) is 0 Å². The van der Waals surface area contributed by atoms with Crippen LogP contribution in [-0.4, -0.2) is 56.2 Å². The first-order chi connectivity index (χ1) is 15.0. The number of piperidine rings is 2. The van der Waals surface area contributed by atoms with Gasteiger partial charge in [-0.25, -0.2) is 9.37 Å². The topological polar surface area (TPSA) is 79.1 Å². The number of aromatic nitrogens is 4. The van der Waals surface area contributed by atoms with Crippen molar-refractivity contribution in [3.8, 4) is 28.1 Å².